The standard InChI is InChI=1S/C28H28O9/c1-33-28-24(37-27(32)20-15-9-4-10-16-20)23(36-26(31)19-13-7-3-8-14-19)22(29)21(35-28)17-34-25(30)18-11-5-2-6-12-18/h2-7,9-13,15-16,21-24,28-29H,8,14,17H2,1H3/t21?,22?,23?,24-,28?/m0/s1. The Morgan fingerprint density at radius 3 is 2.11 bits per heavy atom. The molecule has 1 aliphatic carbocycles. The summed E-state index contributed by atoms with van der Waals surface area (Å²) < 4.78 is 27.8. The average Bonchev–Trinajstić information content (AvgIpc) is 2.95. The molecule has 9 nitrogen and oxygen atoms in total. The Balaban J connectivity index is 1.54. The Hall–Kier alpha value is -3.79. The molecule has 2 aromatic rings. The van der Waals surface area contributed by atoms with Crippen LogP contribution in [0.4, 0.5) is 0 Å². The van der Waals surface area contributed by atoms with E-state index in [4.69, 9.17) is 23.7 Å². The number of esters is 3. The second kappa shape index (κ2) is 12.4. The summed E-state index contributed by atoms with van der Waals surface area (Å²) in [5, 5.41) is 11.2. The van der Waals surface area contributed by atoms with Crippen molar-refractivity contribution in [3.63, 3.8) is 0 Å². The van der Waals surface area contributed by atoms with Gasteiger partial charge in [0.2, 0.25) is 0 Å². The molecule has 0 radical (unpaired) electrons. The van der Waals surface area contributed by atoms with Crippen LogP contribution < -0.4 is 0 Å². The van der Waals surface area contributed by atoms with Crippen molar-refractivity contribution < 1.29 is 43.2 Å². The van der Waals surface area contributed by atoms with Gasteiger partial charge in [-0.25, -0.2) is 14.4 Å². The van der Waals surface area contributed by atoms with E-state index >= 15 is 0 Å². The van der Waals surface area contributed by atoms with Gasteiger partial charge in [-0.1, -0.05) is 54.6 Å². The Morgan fingerprint density at radius 2 is 1.51 bits per heavy atom. The molecule has 4 unspecified atom stereocenters. The molecule has 0 aromatic heterocycles. The molecule has 1 heterocycles. The van der Waals surface area contributed by atoms with Crippen molar-refractivity contribution in [3.8, 4) is 0 Å². The Bertz CT molecular complexity index is 1140. The minimum absolute atomic E-state index is 0.260. The van der Waals surface area contributed by atoms with E-state index in [2.05, 4.69) is 0 Å². The monoisotopic (exact) mass is 508 g/mol. The lowest BCUT2D eigenvalue weighted by Gasteiger charge is -2.42. The van der Waals surface area contributed by atoms with Crippen LogP contribution in [0, 0.1) is 0 Å². The van der Waals surface area contributed by atoms with Gasteiger partial charge in [0.1, 0.15) is 18.8 Å². The van der Waals surface area contributed by atoms with Crippen LogP contribution in [-0.2, 0) is 28.5 Å². The maximum atomic E-state index is 12.9. The van der Waals surface area contributed by atoms with E-state index in [-0.39, 0.29) is 12.2 Å². The first-order valence-electron chi connectivity index (χ1n) is 11.9. The molecular formula is C28H28O9. The molecule has 1 aliphatic heterocycles. The summed E-state index contributed by atoms with van der Waals surface area (Å²) >= 11 is 0. The lowest BCUT2D eigenvalue weighted by molar-refractivity contribution is -0.295. The van der Waals surface area contributed by atoms with E-state index < -0.39 is 48.6 Å². The summed E-state index contributed by atoms with van der Waals surface area (Å²) in [6, 6.07) is 16.6. The minimum atomic E-state index is -1.49. The van der Waals surface area contributed by atoms with Gasteiger partial charge in [-0.2, -0.15) is 0 Å². The van der Waals surface area contributed by atoms with Gasteiger partial charge in [-0.3, -0.25) is 0 Å². The number of hydrogen-bond donors (Lipinski definition) is 1. The number of methoxy groups -OCH3 is 1. The number of hydrogen-bond acceptors (Lipinski definition) is 9. The molecule has 2 aromatic carbocycles. The average molecular weight is 509 g/mol. The van der Waals surface area contributed by atoms with Gasteiger partial charge in [0.25, 0.3) is 0 Å². The van der Waals surface area contributed by atoms with Gasteiger partial charge >= 0.3 is 17.9 Å². The SMILES string of the molecule is COC1OC(COC(=O)c2ccccc2)C(O)C(OC(=O)C2=CC=CCC2)[C@@H]1OC(=O)c1ccccc1. The van der Waals surface area contributed by atoms with Crippen LogP contribution in [0.15, 0.2) is 84.5 Å². The van der Waals surface area contributed by atoms with Crippen molar-refractivity contribution in [2.75, 3.05) is 13.7 Å². The molecule has 0 bridgehead atoms. The molecule has 37 heavy (non-hydrogen) atoms. The van der Waals surface area contributed by atoms with Crippen LogP contribution >= 0.6 is 0 Å². The fourth-order valence-electron chi connectivity index (χ4n) is 4.03. The predicted molar refractivity (Wildman–Crippen MR) is 130 cm³/mol. The summed E-state index contributed by atoms with van der Waals surface area (Å²) in [7, 11) is 1.33. The molecule has 194 valence electrons. The highest BCUT2D eigenvalue weighted by Gasteiger charge is 2.50. The Kier molecular flexibility index (Phi) is 8.84. The van der Waals surface area contributed by atoms with Crippen molar-refractivity contribution in [3.05, 3.63) is 95.6 Å². The number of carbonyl (C=O) groups excluding carboxylic acids is 3. The second-order valence-corrected chi connectivity index (χ2v) is 8.50. The highest BCUT2D eigenvalue weighted by molar-refractivity contribution is 5.90. The van der Waals surface area contributed by atoms with E-state index in [1.165, 1.54) is 7.11 Å². The van der Waals surface area contributed by atoms with Crippen LogP contribution in [0.5, 0.6) is 0 Å². The second-order valence-electron chi connectivity index (χ2n) is 8.50. The first-order valence-corrected chi connectivity index (χ1v) is 11.9. The van der Waals surface area contributed by atoms with Gasteiger partial charge in [-0.05, 0) is 37.1 Å². The molecule has 1 saturated heterocycles. The normalized spacial score (nSPS) is 25.0. The molecule has 9 heteroatoms. The molecule has 0 amide bonds. The van der Waals surface area contributed by atoms with Crippen molar-refractivity contribution in [2.45, 2.75) is 43.5 Å². The van der Waals surface area contributed by atoms with E-state index in [0.717, 1.165) is 0 Å². The maximum absolute atomic E-state index is 12.9. The van der Waals surface area contributed by atoms with Crippen molar-refractivity contribution in [1.82, 2.24) is 0 Å². The van der Waals surface area contributed by atoms with Crippen LogP contribution in [0.1, 0.15) is 33.6 Å². The number of aliphatic hydroxyl groups is 1. The zero-order valence-corrected chi connectivity index (χ0v) is 20.2. The number of carbonyl (C=O) groups is 3. The largest absolute Gasteiger partial charge is 0.459 e. The third kappa shape index (κ3) is 6.51. The summed E-state index contributed by atoms with van der Waals surface area (Å²) in [6.07, 6.45) is -0.0419. The summed E-state index contributed by atoms with van der Waals surface area (Å²) in [5.74, 6) is -1.99. The molecule has 4 rings (SSSR count). The molecule has 1 N–H and O–H groups in total. The minimum Gasteiger partial charge on any atom is -0.459 e. The van der Waals surface area contributed by atoms with Gasteiger partial charge in [-0.15, -0.1) is 0 Å². The van der Waals surface area contributed by atoms with Crippen LogP contribution in [0.2, 0.25) is 0 Å². The summed E-state index contributed by atoms with van der Waals surface area (Å²) in [6.45, 7) is -0.354. The molecule has 0 spiro atoms. The summed E-state index contributed by atoms with van der Waals surface area (Å²) in [5.41, 5.74) is 0.998. The lowest BCUT2D eigenvalue weighted by Crippen LogP contribution is -2.61. The Morgan fingerprint density at radius 1 is 0.892 bits per heavy atom. The van der Waals surface area contributed by atoms with E-state index in [9.17, 15) is 19.5 Å². The Labute approximate surface area is 214 Å². The molecule has 2 aliphatic rings. The molecule has 1 fully saturated rings. The van der Waals surface area contributed by atoms with E-state index in [1.807, 2.05) is 6.08 Å². The molecular weight excluding hydrogens is 480 g/mol. The van der Waals surface area contributed by atoms with Gasteiger partial charge in [0.05, 0.1) is 11.1 Å². The summed E-state index contributed by atoms with van der Waals surface area (Å²) in [4.78, 5) is 38.2. The van der Waals surface area contributed by atoms with E-state index in [0.29, 0.717) is 24.0 Å². The van der Waals surface area contributed by atoms with Crippen LogP contribution in [-0.4, -0.2) is 67.4 Å². The van der Waals surface area contributed by atoms with Crippen molar-refractivity contribution in [2.24, 2.45) is 0 Å². The van der Waals surface area contributed by atoms with Gasteiger partial charge in [0, 0.05) is 12.7 Å². The third-order valence-corrected chi connectivity index (χ3v) is 6.01. The van der Waals surface area contributed by atoms with Crippen molar-refractivity contribution in [1.29, 1.82) is 0 Å². The quantitative estimate of drug-likeness (QED) is 0.424. The number of rotatable bonds is 8. The predicted octanol–water partition coefficient (Wildman–Crippen LogP) is 2.99. The van der Waals surface area contributed by atoms with Gasteiger partial charge < -0.3 is 28.8 Å². The lowest BCUT2D eigenvalue weighted by atomic mass is 9.98. The highest BCUT2D eigenvalue weighted by atomic mass is 16.7. The third-order valence-electron chi connectivity index (χ3n) is 6.01. The topological polar surface area (TPSA) is 118 Å². The zero-order valence-electron chi connectivity index (χ0n) is 20.2. The van der Waals surface area contributed by atoms with E-state index in [1.54, 1.807) is 72.8 Å². The zero-order chi connectivity index (χ0) is 26.2. The number of benzene rings is 2. The van der Waals surface area contributed by atoms with Crippen LogP contribution in [0.25, 0.3) is 0 Å². The first kappa shape index (κ1) is 26.3. The smallest absolute Gasteiger partial charge is 0.338 e. The van der Waals surface area contributed by atoms with Crippen LogP contribution in [0.3, 0.4) is 0 Å². The fourth-order valence-corrected chi connectivity index (χ4v) is 4.03. The number of allylic oxidation sites excluding steroid dienone is 3. The number of aliphatic hydroxyl groups excluding tert-OH is 1. The fraction of sp³-hybridized carbons (Fsp3) is 0.321. The highest BCUT2D eigenvalue weighted by Crippen LogP contribution is 2.29. The first-order chi connectivity index (χ1) is 18.0. The van der Waals surface area contributed by atoms with Crippen molar-refractivity contribution >= 4 is 17.9 Å². The van der Waals surface area contributed by atoms with Gasteiger partial charge in [0.15, 0.2) is 18.5 Å². The number of ether oxygens (including phenoxy) is 5. The molecule has 5 atom stereocenters. The maximum Gasteiger partial charge on any atom is 0.338 e. The molecule has 0 saturated carbocycles.